The third kappa shape index (κ3) is 20.1. The molecule has 0 amide bonds. The van der Waals surface area contributed by atoms with E-state index in [1.807, 2.05) is 4.90 Å². The number of halogens is 10. The van der Waals surface area contributed by atoms with Gasteiger partial charge in [-0.25, -0.2) is 81.8 Å². The highest BCUT2D eigenvalue weighted by molar-refractivity contribution is 7.23. The van der Waals surface area contributed by atoms with E-state index in [1.165, 1.54) is 40.4 Å². The molecule has 37 heteroatoms. The van der Waals surface area contributed by atoms with Gasteiger partial charge in [0.05, 0.1) is 38.7 Å². The molecule has 0 radical (unpaired) electrons. The van der Waals surface area contributed by atoms with Crippen LogP contribution in [0.4, 0.5) is 45.2 Å². The van der Waals surface area contributed by atoms with Gasteiger partial charge in [0.15, 0.2) is 69.5 Å². The molecule has 4 saturated heterocycles. The summed E-state index contributed by atoms with van der Waals surface area (Å²) in [6.45, 7) is -7.85. The molecule has 23 nitrogen and oxygen atoms in total. The summed E-state index contributed by atoms with van der Waals surface area (Å²) in [5.74, 6) is -6.54. The number of thiazole rings is 4. The van der Waals surface area contributed by atoms with Crippen molar-refractivity contribution in [2.45, 2.75) is 101 Å². The molecule has 4 aliphatic heterocycles. The molecule has 12 heterocycles. The summed E-state index contributed by atoms with van der Waals surface area (Å²) in [5, 5.41) is 29.8. The number of aromatic nitrogens is 12. The number of nitriles is 3. The molecule has 0 saturated carbocycles. The Morgan fingerprint density at radius 1 is 0.491 bits per heavy atom. The van der Waals surface area contributed by atoms with Gasteiger partial charge in [-0.3, -0.25) is 19.6 Å². The topological polar surface area (TPSA) is 287 Å². The number of hydrogen-bond donors (Lipinski definition) is 4. The minimum absolute atomic E-state index is 0.0146. The van der Waals surface area contributed by atoms with Crippen LogP contribution in [-0.2, 0) is 26.0 Å². The van der Waals surface area contributed by atoms with Gasteiger partial charge in [0.1, 0.15) is 89.2 Å². The van der Waals surface area contributed by atoms with Crippen molar-refractivity contribution in [2.75, 3.05) is 73.6 Å². The van der Waals surface area contributed by atoms with E-state index in [2.05, 4.69) is 59.8 Å². The van der Waals surface area contributed by atoms with Gasteiger partial charge in [-0.2, -0.15) is 15.8 Å². The standard InChI is InChI=1S/C18H15ClF2N6S.C18H16ClFN6S.C18H17ClN6S.C17H15Cl2F2N5S/c19-18-26-15-16(23-9-24-17(15)28-18)25-12-1-3-27(4-2-12)8-10-5-11(7-22)14(21)13(20)6-10;19-18-25-17-15(27-18)16(22-10-23-17)24-13-3-5-26(6-4-13)9-11-1-2-14(20)12(7-11)8-21;19-18-24-17-15(26-18)16(21-11-22-17)23-14-4-6-25(7-5-14)10-13-3-1-2-12(8-13)9-20;18-11-5-9(6-12(20)13(11)21)7-26-3-1-10(2-4-26)24-15-14-16(23-8-22-15)25-17(19)27-14/h5-6,9,12H,1-4,8H2,(H,23,24,25);1-2,7,10,13H,3-6,9H2,(H,22,23,24);1-3,8,11,14H,4-7,10H2,(H,21,22,23);5-6,8,10H,1-4,7H2,(H,22,23,24)/i1D2,2D2,6D,8D,9D,12D;9D,13D;2D,3D,8D,10D2,11D,14D;7D2,8D,10D/hD4. The van der Waals surface area contributed by atoms with Crippen LogP contribution in [0, 0.1) is 63.1 Å². The molecular weight excluding hydrogens is 1580 g/mol. The van der Waals surface area contributed by atoms with Crippen LogP contribution in [0.3, 0.4) is 0 Å². The lowest BCUT2D eigenvalue weighted by Gasteiger charge is -2.32. The van der Waals surface area contributed by atoms with Crippen LogP contribution in [0.2, 0.25) is 28.5 Å². The van der Waals surface area contributed by atoms with E-state index in [-0.39, 0.29) is 157 Å². The largest absolute Gasteiger partial charge is 0.366 e. The number of benzene rings is 4. The molecule has 4 fully saturated rings. The summed E-state index contributed by atoms with van der Waals surface area (Å²) in [6, 6.07) is 3.18. The van der Waals surface area contributed by atoms with E-state index in [0.29, 0.717) is 55.7 Å². The number of likely N-dealkylation sites (tertiary alicyclic amines) is 4. The molecule has 2 unspecified atom stereocenters. The zero-order chi connectivity index (χ0) is 97.5. The predicted molar refractivity (Wildman–Crippen MR) is 413 cm³/mol. The van der Waals surface area contributed by atoms with Gasteiger partial charge in [0.2, 0.25) is 0 Å². The predicted octanol–water partition coefficient (Wildman–Crippen LogP) is 16.2. The Balaban J connectivity index is 0.000000151. The minimum Gasteiger partial charge on any atom is -0.366 e. The number of anilines is 4. The molecule has 8 aromatic heterocycles. The van der Waals surface area contributed by atoms with E-state index < -0.39 is 145 Å². The number of fused-ring (bicyclic) bond motifs is 4. The lowest BCUT2D eigenvalue weighted by atomic mass is 10.0. The van der Waals surface area contributed by atoms with Crippen molar-refractivity contribution < 1.29 is 56.4 Å². The van der Waals surface area contributed by atoms with Crippen molar-refractivity contribution in [1.29, 1.82) is 15.8 Å². The van der Waals surface area contributed by atoms with Crippen molar-refractivity contribution in [3.05, 3.63) is 183 Å². The number of nitrogens with one attached hydrogen (secondary N) is 4. The summed E-state index contributed by atoms with van der Waals surface area (Å²) in [5.41, 5.74) is -1.03. The van der Waals surface area contributed by atoms with Crippen molar-refractivity contribution in [3.8, 4) is 18.2 Å². The summed E-state index contributed by atoms with van der Waals surface area (Å²) < 4.78 is 281. The molecule has 2 atom stereocenters. The van der Waals surface area contributed by atoms with Crippen molar-refractivity contribution in [2.24, 2.45) is 0 Å². The van der Waals surface area contributed by atoms with Gasteiger partial charge >= 0.3 is 0 Å². The van der Waals surface area contributed by atoms with E-state index in [0.717, 1.165) is 90.4 Å². The van der Waals surface area contributed by atoms with Crippen molar-refractivity contribution in [3.63, 3.8) is 0 Å². The second-order valence-corrected chi connectivity index (χ2v) is 29.5. The maximum Gasteiger partial charge on any atom is 0.186 e. The van der Waals surface area contributed by atoms with Crippen LogP contribution < -0.4 is 21.2 Å². The lowest BCUT2D eigenvalue weighted by Crippen LogP contribution is -2.38. The Morgan fingerprint density at radius 3 is 1.56 bits per heavy atom. The normalized spacial score (nSPS) is 22.1. The number of piperidine rings is 4. The first kappa shape index (κ1) is 51.7. The molecule has 0 spiro atoms. The van der Waals surface area contributed by atoms with Gasteiger partial charge in [0, 0.05) is 116 Å². The zero-order valence-electron chi connectivity index (χ0n) is 79.9. The van der Waals surface area contributed by atoms with Gasteiger partial charge in [0.25, 0.3) is 0 Å². The Hall–Kier alpha value is -8.63. The zero-order valence-corrected chi connectivity index (χ0v) is 61.9. The Labute approximate surface area is 692 Å². The third-order valence-electron chi connectivity index (χ3n) is 15.6. The van der Waals surface area contributed by atoms with Gasteiger partial charge in [-0.1, -0.05) is 122 Å². The first-order valence-electron chi connectivity index (χ1n) is 44.1. The maximum absolute atomic E-state index is 14.2. The number of nitrogens with zero attached hydrogens (tertiary/aromatic N) is 19. The number of hydrogen-bond acceptors (Lipinski definition) is 27. The molecule has 0 aliphatic carbocycles. The quantitative estimate of drug-likeness (QED) is 0.0516. The van der Waals surface area contributed by atoms with E-state index in [4.69, 9.17) is 103 Å². The fourth-order valence-corrected chi connectivity index (χ4v) is 14.6. The number of rotatable bonds is 16. The molecule has 556 valence electrons. The smallest absolute Gasteiger partial charge is 0.186 e. The van der Waals surface area contributed by atoms with Crippen molar-refractivity contribution in [1.82, 2.24) is 79.4 Å². The highest BCUT2D eigenvalue weighted by Gasteiger charge is 2.27. The second kappa shape index (κ2) is 36.3. The van der Waals surface area contributed by atoms with Crippen LogP contribution in [0.25, 0.3) is 41.4 Å². The highest BCUT2D eigenvalue weighted by atomic mass is 35.5. The van der Waals surface area contributed by atoms with Crippen LogP contribution in [0.1, 0.15) is 119 Å². The lowest BCUT2D eigenvalue weighted by molar-refractivity contribution is 0.211. The summed E-state index contributed by atoms with van der Waals surface area (Å²) in [6.07, 6.45) is -5.15. The van der Waals surface area contributed by atoms with Crippen LogP contribution in [0.15, 0.2) is 91.9 Å². The van der Waals surface area contributed by atoms with Crippen LogP contribution >= 0.6 is 103 Å². The molecule has 4 N–H and O–H groups in total. The average molecular weight is 1660 g/mol. The van der Waals surface area contributed by atoms with E-state index in [9.17, 15) is 27.2 Å². The molecule has 16 rings (SSSR count). The average Bonchev–Trinajstić information content (AvgIpc) is 0.917. The van der Waals surface area contributed by atoms with E-state index in [1.54, 1.807) is 12.1 Å². The minimum atomic E-state index is -3.02. The Bertz CT molecular complexity index is 6610. The molecule has 4 aromatic carbocycles. The molecule has 12 aromatic rings. The second-order valence-electron chi connectivity index (χ2n) is 22.8. The van der Waals surface area contributed by atoms with Crippen LogP contribution in [-0.4, -0.2) is 156 Å². The first-order valence-corrected chi connectivity index (χ1v) is 36.8. The van der Waals surface area contributed by atoms with Gasteiger partial charge in [-0.15, -0.1) is 0 Å². The first-order chi connectivity index (χ1) is 62.2. The van der Waals surface area contributed by atoms with Crippen molar-refractivity contribution >= 4 is 168 Å². The van der Waals surface area contributed by atoms with Crippen LogP contribution in [0.5, 0.6) is 0 Å². The molecule has 108 heavy (non-hydrogen) atoms. The Kier molecular flexibility index (Phi) is 17.4. The fraction of sp³-hybridized carbons (Fsp3) is 0.338. The fourth-order valence-electron chi connectivity index (χ4n) is 10.5. The highest BCUT2D eigenvalue weighted by Crippen LogP contribution is 2.35. The van der Waals surface area contributed by atoms with Gasteiger partial charge < -0.3 is 21.2 Å². The molecular formula is C71H63Cl5F5N23S4. The molecule has 0 bridgehead atoms. The third-order valence-corrected chi connectivity index (χ3v) is 20.4. The monoisotopic (exact) mass is 1660 g/mol. The summed E-state index contributed by atoms with van der Waals surface area (Å²) in [4.78, 5) is 53.1. The maximum atomic E-state index is 14.2. The Morgan fingerprint density at radius 2 is 0.991 bits per heavy atom. The SMILES string of the molecule is [2H]C(c1ccc(F)c(C#N)c1)N1CCC([2H])(N([2H])c2ncnc3nc(Cl)sc23)CC1.[2H]c1nc(N([2H])C2([2H])C([2H])([2H])CN(C([2H])c3cc(C#N)c(F)c(F)c3[2H])CC2([2H])[2H])c2nc(Cl)sc2n1.[2H]c1nc(N([2H])C2([2H])CCN(C([2H])([2H])c3c([2H])cc([2H])c(C#N)c3[2H])CC2)c2sc(Cl)nc2n1.[2H]c1nc(N([2H])C2([2H])CCN(C([2H])([2H])c3cc(F)c(F)c(Cl)c3)CC2)c2sc(Cl)nc2n1. The van der Waals surface area contributed by atoms with Gasteiger partial charge in [-0.05, 0) is 122 Å². The molecule has 4 aliphatic rings. The van der Waals surface area contributed by atoms with E-state index >= 15 is 0 Å². The summed E-state index contributed by atoms with van der Waals surface area (Å²) >= 11 is 33.5. The summed E-state index contributed by atoms with van der Waals surface area (Å²) in [7, 11) is 0.